The van der Waals surface area contributed by atoms with Gasteiger partial charge in [0.1, 0.15) is 5.75 Å². The zero-order valence-corrected chi connectivity index (χ0v) is 23.3. The molecule has 3 aliphatic carbocycles. The van der Waals surface area contributed by atoms with E-state index in [0.29, 0.717) is 23.5 Å². The van der Waals surface area contributed by atoms with Crippen molar-refractivity contribution in [2.75, 3.05) is 32.8 Å². The first-order valence-corrected chi connectivity index (χ1v) is 16.7. The van der Waals surface area contributed by atoms with Crippen LogP contribution in [0.1, 0.15) is 56.1 Å². The van der Waals surface area contributed by atoms with Crippen LogP contribution in [-0.2, 0) is 20.3 Å². The highest BCUT2D eigenvalue weighted by Crippen LogP contribution is 2.62. The van der Waals surface area contributed by atoms with Gasteiger partial charge in [-0.3, -0.25) is 18.8 Å². The van der Waals surface area contributed by atoms with E-state index in [0.717, 1.165) is 43.4 Å². The molecule has 1 amide bonds. The van der Waals surface area contributed by atoms with E-state index in [2.05, 4.69) is 13.0 Å². The number of fused-ring (bicyclic) bond motifs is 5. The lowest BCUT2D eigenvalue weighted by Crippen LogP contribution is -2.52. The van der Waals surface area contributed by atoms with Crippen molar-refractivity contribution in [1.82, 2.24) is 9.80 Å². The molecule has 13 heteroatoms. The van der Waals surface area contributed by atoms with Crippen molar-refractivity contribution in [2.45, 2.75) is 63.0 Å². The second-order valence-electron chi connectivity index (χ2n) is 11.6. The van der Waals surface area contributed by atoms with Gasteiger partial charge in [-0.25, -0.2) is 0 Å². The average Bonchev–Trinajstić information content (AvgIpc) is 3.15. The maximum absolute atomic E-state index is 12.7. The molecule has 38 heavy (non-hydrogen) atoms. The smallest absolute Gasteiger partial charge is 0.354 e. The zero-order chi connectivity index (χ0) is 27.5. The highest BCUT2D eigenvalue weighted by molar-refractivity contribution is 7.70. The molecule has 0 radical (unpaired) electrons. The van der Waals surface area contributed by atoms with Crippen molar-refractivity contribution >= 4 is 21.1 Å². The predicted molar refractivity (Wildman–Crippen MR) is 139 cm³/mol. The molecule has 1 unspecified atom stereocenters. The minimum Gasteiger partial charge on any atom is -0.484 e. The van der Waals surface area contributed by atoms with Crippen LogP contribution in [0.25, 0.3) is 0 Å². The summed E-state index contributed by atoms with van der Waals surface area (Å²) >= 11 is 0. The molecule has 0 aromatic heterocycles. The van der Waals surface area contributed by atoms with Crippen LogP contribution in [0.15, 0.2) is 18.2 Å². The number of aryl methyl sites for hydroxylation is 1. The van der Waals surface area contributed by atoms with E-state index in [1.165, 1.54) is 16.0 Å². The van der Waals surface area contributed by atoms with Crippen LogP contribution in [0.4, 0.5) is 0 Å². The second-order valence-corrected chi connectivity index (χ2v) is 15.4. The van der Waals surface area contributed by atoms with Crippen LogP contribution < -0.4 is 4.74 Å². The first-order valence-electron chi connectivity index (χ1n) is 13.3. The predicted octanol–water partition coefficient (Wildman–Crippen LogP) is 2.07. The summed E-state index contributed by atoms with van der Waals surface area (Å²) in [6, 6.07) is 6.07. The molecule has 11 nitrogen and oxygen atoms in total. The average molecular weight is 573 g/mol. The highest BCUT2D eigenvalue weighted by atomic mass is 31.2. The Balaban J connectivity index is 1.17. The van der Waals surface area contributed by atoms with Crippen molar-refractivity contribution in [2.24, 2.45) is 17.3 Å². The normalized spacial score (nSPS) is 32.0. The van der Waals surface area contributed by atoms with Gasteiger partial charge in [0.2, 0.25) is 5.52 Å². The fourth-order valence-corrected chi connectivity index (χ4v) is 10.6. The van der Waals surface area contributed by atoms with Gasteiger partial charge in [0, 0.05) is 26.2 Å². The molecular weight excluding hydrogens is 534 g/mol. The molecule has 1 heterocycles. The fraction of sp³-hybridized carbons (Fsp3) is 0.720. The Morgan fingerprint density at radius 1 is 1.05 bits per heavy atom. The summed E-state index contributed by atoms with van der Waals surface area (Å²) in [7, 11) is -10.1. The molecule has 0 bridgehead atoms. The Morgan fingerprint density at radius 3 is 2.39 bits per heavy atom. The maximum Gasteiger partial charge on any atom is 0.354 e. The van der Waals surface area contributed by atoms with Gasteiger partial charge in [0.15, 0.2) is 6.61 Å². The van der Waals surface area contributed by atoms with Crippen molar-refractivity contribution < 1.29 is 43.3 Å². The Morgan fingerprint density at radius 2 is 1.74 bits per heavy atom. The number of carbonyl (C=O) groups is 1. The number of carbonyl (C=O) groups excluding carboxylic acids is 1. The van der Waals surface area contributed by atoms with E-state index >= 15 is 0 Å². The van der Waals surface area contributed by atoms with Crippen LogP contribution in [-0.4, -0.2) is 84.8 Å². The molecule has 0 spiro atoms. The number of benzene rings is 1. The van der Waals surface area contributed by atoms with Crippen molar-refractivity contribution in [3.05, 3.63) is 29.3 Å². The largest absolute Gasteiger partial charge is 0.484 e. The number of nitrogens with zero attached hydrogens (tertiary/aromatic N) is 2. The Kier molecular flexibility index (Phi) is 7.64. The van der Waals surface area contributed by atoms with Gasteiger partial charge in [-0.15, -0.1) is 0 Å². The third-order valence-electron chi connectivity index (χ3n) is 9.61. The molecule has 3 fully saturated rings. The minimum absolute atomic E-state index is 0.0418. The number of piperazine rings is 1. The molecule has 1 aromatic rings. The van der Waals surface area contributed by atoms with Crippen LogP contribution in [0.2, 0.25) is 0 Å². The fourth-order valence-electron chi connectivity index (χ4n) is 7.68. The van der Waals surface area contributed by atoms with Crippen LogP contribution in [0.5, 0.6) is 5.75 Å². The number of amides is 1. The first-order chi connectivity index (χ1) is 17.8. The summed E-state index contributed by atoms with van der Waals surface area (Å²) in [6.45, 7) is 2.11. The van der Waals surface area contributed by atoms with E-state index in [9.17, 15) is 38.6 Å². The van der Waals surface area contributed by atoms with E-state index < -0.39 is 20.7 Å². The number of hydrogen-bond acceptors (Lipinski definition) is 6. The Labute approximate surface area is 222 Å². The van der Waals surface area contributed by atoms with Crippen molar-refractivity contribution in [3.63, 3.8) is 0 Å². The summed E-state index contributed by atoms with van der Waals surface area (Å²) in [5.74, 6) is 1.99. The summed E-state index contributed by atoms with van der Waals surface area (Å²) in [5.41, 5.74) is 0.465. The van der Waals surface area contributed by atoms with Crippen molar-refractivity contribution in [1.29, 1.82) is 0 Å². The van der Waals surface area contributed by atoms with Gasteiger partial charge in [-0.05, 0) is 85.0 Å². The lowest BCUT2D eigenvalue weighted by molar-refractivity contribution is -0.135. The van der Waals surface area contributed by atoms with Gasteiger partial charge in [-0.1, -0.05) is 13.0 Å². The number of rotatable bonds is 6. The Hall–Kier alpha value is -1.29. The maximum atomic E-state index is 12.7. The lowest BCUT2D eigenvalue weighted by Gasteiger charge is -2.50. The summed E-state index contributed by atoms with van der Waals surface area (Å²) in [4.78, 5) is 53.0. The van der Waals surface area contributed by atoms with E-state index in [1.54, 1.807) is 0 Å². The highest BCUT2D eigenvalue weighted by Gasteiger charge is 2.54. The molecule has 5 atom stereocenters. The number of aliphatic hydroxyl groups is 1. The molecule has 1 saturated heterocycles. The van der Waals surface area contributed by atoms with Crippen molar-refractivity contribution in [3.8, 4) is 5.75 Å². The summed E-state index contributed by atoms with van der Waals surface area (Å²) < 4.78 is 29.1. The zero-order valence-electron chi connectivity index (χ0n) is 21.6. The van der Waals surface area contributed by atoms with Gasteiger partial charge in [-0.2, -0.15) is 0 Å². The first kappa shape index (κ1) is 28.2. The molecule has 212 valence electrons. The monoisotopic (exact) mass is 572 g/mol. The van der Waals surface area contributed by atoms with Gasteiger partial charge < -0.3 is 34.3 Å². The number of hydrogen-bond donors (Lipinski definition) is 5. The molecular formula is C25H38N2O9P2. The molecule has 2 saturated carbocycles. The Bertz CT molecular complexity index is 1140. The second kappa shape index (κ2) is 10.3. The van der Waals surface area contributed by atoms with Crippen LogP contribution in [0.3, 0.4) is 0 Å². The molecule has 5 N–H and O–H groups in total. The molecule has 5 rings (SSSR count). The number of ether oxygens (including phenoxy) is 1. The van der Waals surface area contributed by atoms with Gasteiger partial charge in [0.05, 0.1) is 6.10 Å². The standard InChI is InChI=1S/C25H38N2O9P2/c1-25-9-8-19-18-5-3-17(14-16(18)2-4-20(19)21(25)6-7-22(25)28)36-15-23(29)26-10-12-27(13-11-26)24(37(30,31)32)38(33,34)35/h3,5,14,19-22,24,28H,2,4,6-13,15H2,1H3,(H2,30,31,32)(H2,33,34,35)/t19-,20-,21+,22?,25+/m1/s1. The molecule has 4 aliphatic rings. The number of aliphatic hydroxyl groups excluding tert-OH is 1. The van der Waals surface area contributed by atoms with E-state index in [-0.39, 0.29) is 50.2 Å². The minimum atomic E-state index is -5.07. The third-order valence-corrected chi connectivity index (χ3v) is 13.3. The third kappa shape index (κ3) is 5.25. The van der Waals surface area contributed by atoms with Crippen LogP contribution in [0, 0.1) is 17.3 Å². The van der Waals surface area contributed by atoms with Gasteiger partial charge in [0.25, 0.3) is 5.91 Å². The quantitative estimate of drug-likeness (QED) is 0.318. The summed E-state index contributed by atoms with van der Waals surface area (Å²) in [6.07, 6.45) is 5.99. The van der Waals surface area contributed by atoms with E-state index in [1.807, 2.05) is 12.1 Å². The topological polar surface area (TPSA) is 168 Å². The molecule has 1 aromatic carbocycles. The SMILES string of the molecule is C[C@]12CC[C@@H]3c4ccc(OCC(=O)N5CCN(C(P(=O)(O)O)P(=O)(O)O)CC5)cc4CC[C@H]3[C@@H]1CCC2O. The van der Waals surface area contributed by atoms with Gasteiger partial charge >= 0.3 is 15.2 Å². The van der Waals surface area contributed by atoms with E-state index in [4.69, 9.17) is 4.74 Å². The lowest BCUT2D eigenvalue weighted by atomic mass is 9.55. The molecule has 1 aliphatic heterocycles. The summed E-state index contributed by atoms with van der Waals surface area (Å²) in [5, 5.41) is 10.6. The van der Waals surface area contributed by atoms with Crippen LogP contribution >= 0.6 is 15.2 Å².